The second-order valence-corrected chi connectivity index (χ2v) is 8.40. The van der Waals surface area contributed by atoms with Crippen molar-refractivity contribution in [2.75, 3.05) is 45.7 Å². The molecule has 6 heteroatoms. The lowest BCUT2D eigenvalue weighted by atomic mass is 9.88. The van der Waals surface area contributed by atoms with Crippen LogP contribution in [0.25, 0.3) is 11.4 Å². The Balaban J connectivity index is 1.51. The summed E-state index contributed by atoms with van der Waals surface area (Å²) in [6, 6.07) is 8.47. The molecule has 1 amide bonds. The molecule has 2 saturated heterocycles. The molecule has 1 aromatic carbocycles. The SMILES string of the molecule is Cc1cnc(-c2cccc(CN3C[C@H]4CCN(C)C(=O)[C@H]4C3)c2)nc1N(C)C. The van der Waals surface area contributed by atoms with Crippen LogP contribution in [0.4, 0.5) is 5.82 Å². The predicted octanol–water partition coefficient (Wildman–Crippen LogP) is 2.43. The van der Waals surface area contributed by atoms with Crippen LogP contribution >= 0.6 is 0 Å². The van der Waals surface area contributed by atoms with Crippen molar-refractivity contribution in [2.24, 2.45) is 11.8 Å². The smallest absolute Gasteiger partial charge is 0.227 e. The molecule has 3 heterocycles. The van der Waals surface area contributed by atoms with E-state index in [0.29, 0.717) is 11.8 Å². The number of fused-ring (bicyclic) bond motifs is 1. The molecule has 2 atom stereocenters. The van der Waals surface area contributed by atoms with Crippen LogP contribution < -0.4 is 4.90 Å². The summed E-state index contributed by atoms with van der Waals surface area (Å²) in [5, 5.41) is 0. The van der Waals surface area contributed by atoms with Gasteiger partial charge in [-0.15, -0.1) is 0 Å². The van der Waals surface area contributed by atoms with Crippen molar-refractivity contribution >= 4 is 11.7 Å². The molecule has 2 aromatic rings. The maximum absolute atomic E-state index is 12.4. The zero-order valence-electron chi connectivity index (χ0n) is 17.2. The first kappa shape index (κ1) is 18.9. The third-order valence-electron chi connectivity index (χ3n) is 6.01. The van der Waals surface area contributed by atoms with Gasteiger partial charge >= 0.3 is 0 Å². The summed E-state index contributed by atoms with van der Waals surface area (Å²) in [6.45, 7) is 5.66. The molecule has 2 fully saturated rings. The Kier molecular flexibility index (Phi) is 5.06. The van der Waals surface area contributed by atoms with Gasteiger partial charge in [-0.3, -0.25) is 9.69 Å². The predicted molar refractivity (Wildman–Crippen MR) is 111 cm³/mol. The minimum atomic E-state index is 0.171. The van der Waals surface area contributed by atoms with E-state index in [-0.39, 0.29) is 5.92 Å². The monoisotopic (exact) mass is 379 g/mol. The number of hydrogen-bond donors (Lipinski definition) is 0. The molecule has 148 valence electrons. The number of aromatic nitrogens is 2. The van der Waals surface area contributed by atoms with E-state index in [2.05, 4.69) is 34.1 Å². The van der Waals surface area contributed by atoms with Crippen LogP contribution in [0, 0.1) is 18.8 Å². The summed E-state index contributed by atoms with van der Waals surface area (Å²) in [6.07, 6.45) is 3.01. The van der Waals surface area contributed by atoms with Crippen LogP contribution in [0.3, 0.4) is 0 Å². The number of aryl methyl sites for hydroxylation is 1. The van der Waals surface area contributed by atoms with E-state index in [1.54, 1.807) is 0 Å². The van der Waals surface area contributed by atoms with Crippen molar-refractivity contribution in [3.8, 4) is 11.4 Å². The van der Waals surface area contributed by atoms with E-state index >= 15 is 0 Å². The molecule has 0 bridgehead atoms. The number of piperidine rings is 1. The van der Waals surface area contributed by atoms with Crippen LogP contribution in [0.5, 0.6) is 0 Å². The summed E-state index contributed by atoms with van der Waals surface area (Å²) >= 11 is 0. The van der Waals surface area contributed by atoms with Crippen LogP contribution in [-0.2, 0) is 11.3 Å². The minimum absolute atomic E-state index is 0.171. The van der Waals surface area contributed by atoms with Gasteiger partial charge in [0.1, 0.15) is 5.82 Å². The molecule has 2 aliphatic heterocycles. The molecule has 0 spiro atoms. The van der Waals surface area contributed by atoms with E-state index in [0.717, 1.165) is 55.4 Å². The normalized spacial score (nSPS) is 22.4. The lowest BCUT2D eigenvalue weighted by molar-refractivity contribution is -0.137. The van der Waals surface area contributed by atoms with Gasteiger partial charge in [-0.1, -0.05) is 18.2 Å². The Morgan fingerprint density at radius 1 is 1.25 bits per heavy atom. The van der Waals surface area contributed by atoms with Gasteiger partial charge < -0.3 is 9.80 Å². The summed E-state index contributed by atoms with van der Waals surface area (Å²) in [4.78, 5) is 28.1. The van der Waals surface area contributed by atoms with Gasteiger partial charge in [0, 0.05) is 64.6 Å². The highest BCUT2D eigenvalue weighted by molar-refractivity contribution is 5.80. The number of amides is 1. The van der Waals surface area contributed by atoms with E-state index in [9.17, 15) is 4.79 Å². The summed E-state index contributed by atoms with van der Waals surface area (Å²) < 4.78 is 0. The third kappa shape index (κ3) is 3.61. The highest BCUT2D eigenvalue weighted by Crippen LogP contribution is 2.32. The number of carbonyl (C=O) groups excluding carboxylic acids is 1. The van der Waals surface area contributed by atoms with Gasteiger partial charge in [-0.05, 0) is 30.9 Å². The van der Waals surface area contributed by atoms with Gasteiger partial charge in [0.25, 0.3) is 0 Å². The summed E-state index contributed by atoms with van der Waals surface area (Å²) in [7, 11) is 5.93. The first-order chi connectivity index (χ1) is 13.4. The maximum atomic E-state index is 12.4. The zero-order chi connectivity index (χ0) is 19.8. The lowest BCUT2D eigenvalue weighted by Gasteiger charge is -2.30. The summed E-state index contributed by atoms with van der Waals surface area (Å²) in [5.41, 5.74) is 3.35. The Morgan fingerprint density at radius 3 is 2.86 bits per heavy atom. The average Bonchev–Trinajstić information content (AvgIpc) is 3.08. The van der Waals surface area contributed by atoms with Gasteiger partial charge in [-0.2, -0.15) is 0 Å². The number of anilines is 1. The van der Waals surface area contributed by atoms with Gasteiger partial charge in [0.2, 0.25) is 5.91 Å². The molecule has 0 N–H and O–H groups in total. The Morgan fingerprint density at radius 2 is 2.07 bits per heavy atom. The fourth-order valence-corrected chi connectivity index (χ4v) is 4.51. The Labute approximate surface area is 167 Å². The standard InChI is InChI=1S/C22H29N5O/c1-15-11-23-20(24-21(15)25(2)3)17-7-5-6-16(10-17)12-27-13-18-8-9-26(4)22(28)19(18)14-27/h5-7,10-11,18-19H,8-9,12-14H2,1-4H3/t18-,19+/m1/s1. The number of nitrogens with zero attached hydrogens (tertiary/aromatic N) is 5. The van der Waals surface area contributed by atoms with Crippen LogP contribution in [0.1, 0.15) is 17.5 Å². The summed E-state index contributed by atoms with van der Waals surface area (Å²) in [5.74, 6) is 2.70. The molecular weight excluding hydrogens is 350 g/mol. The van der Waals surface area contributed by atoms with Gasteiger partial charge in [0.05, 0.1) is 5.92 Å². The van der Waals surface area contributed by atoms with Crippen molar-refractivity contribution in [1.82, 2.24) is 19.8 Å². The quantitative estimate of drug-likeness (QED) is 0.817. The molecule has 0 radical (unpaired) electrons. The fraction of sp³-hybridized carbons (Fsp3) is 0.500. The number of benzene rings is 1. The lowest BCUT2D eigenvalue weighted by Crippen LogP contribution is -2.42. The number of likely N-dealkylation sites (tertiary alicyclic amines) is 2. The van der Waals surface area contributed by atoms with Crippen molar-refractivity contribution < 1.29 is 4.79 Å². The van der Waals surface area contributed by atoms with E-state index < -0.39 is 0 Å². The largest absolute Gasteiger partial charge is 0.362 e. The molecule has 28 heavy (non-hydrogen) atoms. The van der Waals surface area contributed by atoms with E-state index in [4.69, 9.17) is 4.98 Å². The topological polar surface area (TPSA) is 52.6 Å². The van der Waals surface area contributed by atoms with Gasteiger partial charge in [-0.25, -0.2) is 9.97 Å². The number of hydrogen-bond acceptors (Lipinski definition) is 5. The zero-order valence-corrected chi connectivity index (χ0v) is 17.2. The molecule has 0 unspecified atom stereocenters. The molecule has 1 aromatic heterocycles. The first-order valence-electron chi connectivity index (χ1n) is 10.00. The minimum Gasteiger partial charge on any atom is -0.362 e. The molecule has 2 aliphatic rings. The maximum Gasteiger partial charge on any atom is 0.227 e. The van der Waals surface area contributed by atoms with Gasteiger partial charge in [0.15, 0.2) is 5.82 Å². The second-order valence-electron chi connectivity index (χ2n) is 8.40. The Bertz CT molecular complexity index is 881. The van der Waals surface area contributed by atoms with Crippen molar-refractivity contribution in [1.29, 1.82) is 0 Å². The molecular formula is C22H29N5O. The second kappa shape index (κ2) is 7.51. The number of rotatable bonds is 4. The Hall–Kier alpha value is -2.47. The molecule has 0 saturated carbocycles. The van der Waals surface area contributed by atoms with E-state index in [1.807, 2.05) is 44.1 Å². The number of carbonyl (C=O) groups is 1. The van der Waals surface area contributed by atoms with Crippen LogP contribution in [0.2, 0.25) is 0 Å². The van der Waals surface area contributed by atoms with Crippen molar-refractivity contribution in [3.63, 3.8) is 0 Å². The highest BCUT2D eigenvalue weighted by atomic mass is 16.2. The molecule has 6 nitrogen and oxygen atoms in total. The third-order valence-corrected chi connectivity index (χ3v) is 6.01. The highest BCUT2D eigenvalue weighted by Gasteiger charge is 2.41. The van der Waals surface area contributed by atoms with Crippen molar-refractivity contribution in [2.45, 2.75) is 19.9 Å². The van der Waals surface area contributed by atoms with E-state index in [1.165, 1.54) is 5.56 Å². The average molecular weight is 380 g/mol. The van der Waals surface area contributed by atoms with Crippen LogP contribution in [0.15, 0.2) is 30.5 Å². The van der Waals surface area contributed by atoms with Crippen molar-refractivity contribution in [3.05, 3.63) is 41.6 Å². The molecule has 4 rings (SSSR count). The first-order valence-corrected chi connectivity index (χ1v) is 10.00. The van der Waals surface area contributed by atoms with Crippen LogP contribution in [-0.4, -0.2) is 66.5 Å². The molecule has 0 aliphatic carbocycles. The fourth-order valence-electron chi connectivity index (χ4n) is 4.51.